The molecule has 0 radical (unpaired) electrons. The van der Waals surface area contributed by atoms with Gasteiger partial charge in [-0.3, -0.25) is 14.5 Å². The van der Waals surface area contributed by atoms with Crippen LogP contribution in [0.25, 0.3) is 0 Å². The molecule has 0 atom stereocenters. The summed E-state index contributed by atoms with van der Waals surface area (Å²) in [6.45, 7) is 2.67. The molecule has 0 spiro atoms. The van der Waals surface area contributed by atoms with E-state index in [4.69, 9.17) is 23.2 Å². The van der Waals surface area contributed by atoms with E-state index in [2.05, 4.69) is 27.7 Å². The third-order valence-electron chi connectivity index (χ3n) is 4.56. The quantitative estimate of drug-likeness (QED) is 0.761. The first-order chi connectivity index (χ1) is 13.0. The molecule has 0 aliphatic carbocycles. The highest BCUT2D eigenvalue weighted by molar-refractivity contribution is 6.43. The van der Waals surface area contributed by atoms with Crippen LogP contribution < -0.4 is 10.6 Å². The lowest BCUT2D eigenvalue weighted by Gasteiger charge is -2.32. The number of nitrogens with zero attached hydrogens (tertiary/aromatic N) is 1. The number of hydrogen-bond donors (Lipinski definition) is 2. The molecule has 0 aromatic heterocycles. The van der Waals surface area contributed by atoms with E-state index in [0.717, 1.165) is 32.5 Å². The lowest BCUT2D eigenvalue weighted by molar-refractivity contribution is -0.136. The number of carbonyl (C=O) groups excluding carboxylic acids is 2. The van der Waals surface area contributed by atoms with Crippen molar-refractivity contribution in [1.82, 2.24) is 10.2 Å². The highest BCUT2D eigenvalue weighted by Crippen LogP contribution is 2.25. The monoisotopic (exact) mass is 405 g/mol. The average molecular weight is 406 g/mol. The normalized spacial score (nSPS) is 15.3. The van der Waals surface area contributed by atoms with Gasteiger partial charge in [0, 0.05) is 31.4 Å². The fourth-order valence-electron chi connectivity index (χ4n) is 3.09. The molecule has 1 heterocycles. The van der Waals surface area contributed by atoms with E-state index in [-0.39, 0.29) is 6.04 Å². The standard InChI is InChI=1S/C20H21Cl2N3O2/c21-17-7-6-16(12-18(17)22)24-20(27)19(26)23-15-8-10-25(11-9-15)13-14-4-2-1-3-5-14/h1-7,12,15H,8-11,13H2,(H,23,26)(H,24,27). The van der Waals surface area contributed by atoms with Crippen molar-refractivity contribution < 1.29 is 9.59 Å². The van der Waals surface area contributed by atoms with Crippen LogP contribution in [-0.2, 0) is 16.1 Å². The smallest absolute Gasteiger partial charge is 0.313 e. The van der Waals surface area contributed by atoms with Crippen molar-refractivity contribution >= 4 is 40.7 Å². The summed E-state index contributed by atoms with van der Waals surface area (Å²) in [7, 11) is 0. The topological polar surface area (TPSA) is 61.4 Å². The molecule has 0 saturated carbocycles. The summed E-state index contributed by atoms with van der Waals surface area (Å²) in [6.07, 6.45) is 1.64. The molecule has 0 bridgehead atoms. The van der Waals surface area contributed by atoms with Crippen molar-refractivity contribution in [3.8, 4) is 0 Å². The molecule has 5 nitrogen and oxygen atoms in total. The number of nitrogens with one attached hydrogen (secondary N) is 2. The first-order valence-electron chi connectivity index (χ1n) is 8.84. The first-order valence-corrected chi connectivity index (χ1v) is 9.60. The highest BCUT2D eigenvalue weighted by atomic mass is 35.5. The second kappa shape index (κ2) is 9.22. The first kappa shape index (κ1) is 19.7. The van der Waals surface area contributed by atoms with Gasteiger partial charge in [0.1, 0.15) is 0 Å². The number of piperidine rings is 1. The van der Waals surface area contributed by atoms with Gasteiger partial charge in [-0.1, -0.05) is 53.5 Å². The van der Waals surface area contributed by atoms with Crippen LogP contribution >= 0.6 is 23.2 Å². The second-order valence-electron chi connectivity index (χ2n) is 6.59. The van der Waals surface area contributed by atoms with E-state index in [1.54, 1.807) is 12.1 Å². The van der Waals surface area contributed by atoms with Gasteiger partial charge in [0.25, 0.3) is 0 Å². The number of benzene rings is 2. The van der Waals surface area contributed by atoms with E-state index >= 15 is 0 Å². The zero-order valence-corrected chi connectivity index (χ0v) is 16.3. The van der Waals surface area contributed by atoms with Crippen molar-refractivity contribution in [3.05, 3.63) is 64.1 Å². The molecule has 2 N–H and O–H groups in total. The van der Waals surface area contributed by atoms with Crippen molar-refractivity contribution in [2.24, 2.45) is 0 Å². The van der Waals surface area contributed by atoms with Gasteiger partial charge in [-0.25, -0.2) is 0 Å². The van der Waals surface area contributed by atoms with Gasteiger partial charge in [-0.05, 0) is 36.6 Å². The van der Waals surface area contributed by atoms with Crippen LogP contribution in [0.15, 0.2) is 48.5 Å². The highest BCUT2D eigenvalue weighted by Gasteiger charge is 2.23. The number of amides is 2. The predicted octanol–water partition coefficient (Wildman–Crippen LogP) is 3.71. The Bertz CT molecular complexity index is 806. The third-order valence-corrected chi connectivity index (χ3v) is 5.29. The van der Waals surface area contributed by atoms with E-state index in [9.17, 15) is 9.59 Å². The van der Waals surface area contributed by atoms with E-state index in [0.29, 0.717) is 15.7 Å². The lowest BCUT2D eigenvalue weighted by atomic mass is 10.0. The van der Waals surface area contributed by atoms with Crippen molar-refractivity contribution in [2.45, 2.75) is 25.4 Å². The van der Waals surface area contributed by atoms with Gasteiger partial charge in [0.15, 0.2) is 0 Å². The summed E-state index contributed by atoms with van der Waals surface area (Å²) in [5.74, 6) is -1.34. The SMILES string of the molecule is O=C(Nc1ccc(Cl)c(Cl)c1)C(=O)NC1CCN(Cc2ccccc2)CC1. The molecule has 1 saturated heterocycles. The molecule has 1 aliphatic rings. The maximum absolute atomic E-state index is 12.1. The molecule has 2 aromatic carbocycles. The largest absolute Gasteiger partial charge is 0.345 e. The van der Waals surface area contributed by atoms with Crippen LogP contribution in [0.4, 0.5) is 5.69 Å². The fraction of sp³-hybridized carbons (Fsp3) is 0.300. The fourth-order valence-corrected chi connectivity index (χ4v) is 3.39. The Morgan fingerprint density at radius 1 is 0.963 bits per heavy atom. The molecule has 142 valence electrons. The lowest BCUT2D eigenvalue weighted by Crippen LogP contribution is -2.47. The van der Waals surface area contributed by atoms with Crippen molar-refractivity contribution in [3.63, 3.8) is 0 Å². The second-order valence-corrected chi connectivity index (χ2v) is 7.41. The van der Waals surface area contributed by atoms with Crippen LogP contribution in [-0.4, -0.2) is 35.8 Å². The molecule has 7 heteroatoms. The summed E-state index contributed by atoms with van der Waals surface area (Å²) in [5, 5.41) is 6.06. The summed E-state index contributed by atoms with van der Waals surface area (Å²) >= 11 is 11.8. The Hall–Kier alpha value is -2.08. The van der Waals surface area contributed by atoms with Crippen LogP contribution in [0, 0.1) is 0 Å². The van der Waals surface area contributed by atoms with Crippen LogP contribution in [0.2, 0.25) is 10.0 Å². The Morgan fingerprint density at radius 2 is 1.67 bits per heavy atom. The van der Waals surface area contributed by atoms with Gasteiger partial charge in [0.2, 0.25) is 0 Å². The Balaban J connectivity index is 1.44. The van der Waals surface area contributed by atoms with Crippen molar-refractivity contribution in [2.75, 3.05) is 18.4 Å². The molecular weight excluding hydrogens is 385 g/mol. The number of halogens is 2. The summed E-state index contributed by atoms with van der Waals surface area (Å²) in [6, 6.07) is 15.0. The maximum Gasteiger partial charge on any atom is 0.313 e. The molecule has 1 fully saturated rings. The summed E-state index contributed by atoms with van der Waals surface area (Å²) < 4.78 is 0. The van der Waals surface area contributed by atoms with Gasteiger partial charge < -0.3 is 10.6 Å². The van der Waals surface area contributed by atoms with Crippen LogP contribution in [0.1, 0.15) is 18.4 Å². The molecule has 0 unspecified atom stereocenters. The number of rotatable bonds is 4. The van der Waals surface area contributed by atoms with Crippen LogP contribution in [0.5, 0.6) is 0 Å². The van der Waals surface area contributed by atoms with Gasteiger partial charge in [-0.15, -0.1) is 0 Å². The predicted molar refractivity (Wildman–Crippen MR) is 108 cm³/mol. The van der Waals surface area contributed by atoms with E-state index < -0.39 is 11.8 Å². The maximum atomic E-state index is 12.1. The minimum Gasteiger partial charge on any atom is -0.345 e. The molecular formula is C20H21Cl2N3O2. The van der Waals surface area contributed by atoms with E-state index in [1.165, 1.54) is 11.6 Å². The summed E-state index contributed by atoms with van der Waals surface area (Å²) in [4.78, 5) is 26.6. The van der Waals surface area contributed by atoms with Crippen molar-refractivity contribution in [1.29, 1.82) is 0 Å². The Morgan fingerprint density at radius 3 is 2.33 bits per heavy atom. The zero-order chi connectivity index (χ0) is 19.2. The minimum absolute atomic E-state index is 0.00378. The Kier molecular flexibility index (Phi) is 6.72. The number of likely N-dealkylation sites (tertiary alicyclic amines) is 1. The molecule has 27 heavy (non-hydrogen) atoms. The third kappa shape index (κ3) is 5.70. The minimum atomic E-state index is -0.708. The number of anilines is 1. The molecule has 3 rings (SSSR count). The van der Waals surface area contributed by atoms with E-state index in [1.807, 2.05) is 18.2 Å². The Labute approximate surface area is 168 Å². The number of hydrogen-bond acceptors (Lipinski definition) is 3. The van der Waals surface area contributed by atoms with Crippen LogP contribution in [0.3, 0.4) is 0 Å². The molecule has 2 amide bonds. The molecule has 2 aromatic rings. The average Bonchev–Trinajstić information content (AvgIpc) is 2.67. The van der Waals surface area contributed by atoms with Gasteiger partial charge in [0.05, 0.1) is 10.0 Å². The van der Waals surface area contributed by atoms with Gasteiger partial charge >= 0.3 is 11.8 Å². The summed E-state index contributed by atoms with van der Waals surface area (Å²) in [5.41, 5.74) is 1.71. The molecule has 1 aliphatic heterocycles. The van der Waals surface area contributed by atoms with Gasteiger partial charge in [-0.2, -0.15) is 0 Å². The zero-order valence-electron chi connectivity index (χ0n) is 14.8. The number of carbonyl (C=O) groups is 2.